The highest BCUT2D eigenvalue weighted by Crippen LogP contribution is 2.30. The van der Waals surface area contributed by atoms with Crippen molar-refractivity contribution in [2.75, 3.05) is 27.2 Å². The lowest BCUT2D eigenvalue weighted by molar-refractivity contribution is 0.0946. The van der Waals surface area contributed by atoms with Crippen LogP contribution in [-0.2, 0) is 0 Å². The second-order valence-corrected chi connectivity index (χ2v) is 4.95. The highest BCUT2D eigenvalue weighted by Gasteiger charge is 2.19. The predicted molar refractivity (Wildman–Crippen MR) is 65.6 cm³/mol. The number of benzene rings is 1. The van der Waals surface area contributed by atoms with Gasteiger partial charge < -0.3 is 9.47 Å². The zero-order valence-electron chi connectivity index (χ0n) is 9.47. The Balaban J connectivity index is 1.83. The second-order valence-electron chi connectivity index (χ2n) is 3.75. The first-order valence-electron chi connectivity index (χ1n) is 5.21. The van der Waals surface area contributed by atoms with E-state index in [1.807, 2.05) is 42.7 Å². The van der Waals surface area contributed by atoms with Crippen molar-refractivity contribution in [2.45, 2.75) is 6.10 Å². The highest BCUT2D eigenvalue weighted by atomic mass is 32.2. The Morgan fingerprint density at radius 1 is 1.38 bits per heavy atom. The normalized spacial score (nSPS) is 18.8. The van der Waals surface area contributed by atoms with Gasteiger partial charge in [-0.05, 0) is 26.2 Å². The molecule has 2 rings (SSSR count). The quantitative estimate of drug-likeness (QED) is 0.807. The summed E-state index contributed by atoms with van der Waals surface area (Å²) in [6.07, 6.45) is 0.0716. The third-order valence-corrected chi connectivity index (χ3v) is 2.79. The Bertz CT molecular complexity index is 347. The van der Waals surface area contributed by atoms with Gasteiger partial charge in [0.1, 0.15) is 12.7 Å². The molecular formula is C11H16N2O2S. The maximum absolute atomic E-state index is 5.79. The molecule has 0 radical (unpaired) electrons. The van der Waals surface area contributed by atoms with E-state index in [1.54, 1.807) is 12.1 Å². The fraction of sp³-hybridized carbons (Fsp3) is 0.455. The summed E-state index contributed by atoms with van der Waals surface area (Å²) in [5, 5.41) is 0. The molecule has 1 aromatic rings. The van der Waals surface area contributed by atoms with E-state index in [4.69, 9.17) is 9.47 Å². The number of para-hydroxylation sites is 2. The summed E-state index contributed by atoms with van der Waals surface area (Å²) in [6.45, 7) is 1.36. The van der Waals surface area contributed by atoms with Crippen LogP contribution in [0.15, 0.2) is 24.3 Å². The highest BCUT2D eigenvalue weighted by molar-refractivity contribution is 7.95. The number of hydrogen-bond acceptors (Lipinski definition) is 5. The van der Waals surface area contributed by atoms with Crippen molar-refractivity contribution in [3.63, 3.8) is 0 Å². The zero-order valence-corrected chi connectivity index (χ0v) is 10.3. The summed E-state index contributed by atoms with van der Waals surface area (Å²) in [7, 11) is 3.98. The molecule has 0 aliphatic carbocycles. The third kappa shape index (κ3) is 3.04. The van der Waals surface area contributed by atoms with E-state index < -0.39 is 0 Å². The molecule has 0 saturated heterocycles. The van der Waals surface area contributed by atoms with Gasteiger partial charge in [0, 0.05) is 18.7 Å². The van der Waals surface area contributed by atoms with Crippen molar-refractivity contribution in [2.24, 2.45) is 0 Å². The monoisotopic (exact) mass is 240 g/mol. The standard InChI is InChI=1S/C11H16N2O2S/c1-13(2)16-12-7-9-8-14-10-5-3-4-6-11(10)15-9/h3-6,9,12H,7-8H2,1-2H3. The molecule has 5 heteroatoms. The van der Waals surface area contributed by atoms with Gasteiger partial charge >= 0.3 is 0 Å². The molecule has 1 N–H and O–H groups in total. The zero-order chi connectivity index (χ0) is 11.4. The molecule has 0 amide bonds. The molecule has 1 atom stereocenters. The molecular weight excluding hydrogens is 224 g/mol. The third-order valence-electron chi connectivity index (χ3n) is 2.13. The van der Waals surface area contributed by atoms with Gasteiger partial charge in [-0.25, -0.2) is 9.03 Å². The lowest BCUT2D eigenvalue weighted by Crippen LogP contribution is -2.37. The summed E-state index contributed by atoms with van der Waals surface area (Å²) >= 11 is 1.55. The van der Waals surface area contributed by atoms with Gasteiger partial charge in [-0.15, -0.1) is 0 Å². The number of fused-ring (bicyclic) bond motifs is 1. The smallest absolute Gasteiger partial charge is 0.161 e. The van der Waals surface area contributed by atoms with Crippen molar-refractivity contribution in [3.8, 4) is 11.5 Å². The largest absolute Gasteiger partial charge is 0.486 e. The lowest BCUT2D eigenvalue weighted by atomic mass is 10.2. The minimum atomic E-state index is 0.0716. The molecule has 1 aliphatic heterocycles. The summed E-state index contributed by atoms with van der Waals surface area (Å²) in [6, 6.07) is 7.75. The van der Waals surface area contributed by atoms with E-state index >= 15 is 0 Å². The predicted octanol–water partition coefficient (Wildman–Crippen LogP) is 1.54. The Morgan fingerprint density at radius 2 is 2.12 bits per heavy atom. The van der Waals surface area contributed by atoms with Crippen LogP contribution in [0.5, 0.6) is 11.5 Å². The van der Waals surface area contributed by atoms with Crippen molar-refractivity contribution in [1.82, 2.24) is 9.03 Å². The van der Waals surface area contributed by atoms with Gasteiger partial charge in [0.25, 0.3) is 0 Å². The SMILES string of the molecule is CN(C)SNCC1COc2ccccc2O1. The molecule has 0 saturated carbocycles. The molecule has 4 nitrogen and oxygen atoms in total. The Kier molecular flexibility index (Phi) is 3.93. The van der Waals surface area contributed by atoms with Crippen molar-refractivity contribution >= 4 is 12.1 Å². The number of hydrogen-bond donors (Lipinski definition) is 1. The molecule has 1 heterocycles. The molecule has 88 valence electrons. The summed E-state index contributed by atoms with van der Waals surface area (Å²) in [5.74, 6) is 1.66. The summed E-state index contributed by atoms with van der Waals surface area (Å²) in [4.78, 5) is 0. The van der Waals surface area contributed by atoms with Crippen LogP contribution in [0, 0.1) is 0 Å². The first-order valence-corrected chi connectivity index (χ1v) is 5.98. The van der Waals surface area contributed by atoms with Crippen molar-refractivity contribution < 1.29 is 9.47 Å². The molecule has 1 aromatic carbocycles. The topological polar surface area (TPSA) is 33.7 Å². The van der Waals surface area contributed by atoms with E-state index in [-0.39, 0.29) is 6.10 Å². The van der Waals surface area contributed by atoms with Crippen LogP contribution in [0.3, 0.4) is 0 Å². The van der Waals surface area contributed by atoms with E-state index in [0.29, 0.717) is 6.61 Å². The minimum Gasteiger partial charge on any atom is -0.486 e. The number of nitrogens with one attached hydrogen (secondary N) is 1. The van der Waals surface area contributed by atoms with Crippen LogP contribution in [0.2, 0.25) is 0 Å². The van der Waals surface area contributed by atoms with Crippen molar-refractivity contribution in [1.29, 1.82) is 0 Å². The van der Waals surface area contributed by atoms with Gasteiger partial charge in [-0.3, -0.25) is 0 Å². The summed E-state index contributed by atoms with van der Waals surface area (Å²) in [5.41, 5.74) is 0. The van der Waals surface area contributed by atoms with Crippen LogP contribution in [0.1, 0.15) is 0 Å². The molecule has 0 aromatic heterocycles. The van der Waals surface area contributed by atoms with Crippen LogP contribution in [0.4, 0.5) is 0 Å². The van der Waals surface area contributed by atoms with E-state index in [2.05, 4.69) is 4.72 Å². The number of nitrogens with zero attached hydrogens (tertiary/aromatic N) is 1. The minimum absolute atomic E-state index is 0.0716. The number of rotatable bonds is 4. The Hall–Kier alpha value is -0.910. The van der Waals surface area contributed by atoms with Gasteiger partial charge in [0.05, 0.1) is 0 Å². The van der Waals surface area contributed by atoms with E-state index in [0.717, 1.165) is 18.0 Å². The molecule has 0 bridgehead atoms. The van der Waals surface area contributed by atoms with Crippen LogP contribution in [0.25, 0.3) is 0 Å². The van der Waals surface area contributed by atoms with Gasteiger partial charge in [-0.2, -0.15) is 0 Å². The van der Waals surface area contributed by atoms with Crippen LogP contribution in [-0.4, -0.2) is 37.7 Å². The second kappa shape index (κ2) is 5.43. The maximum atomic E-state index is 5.79. The molecule has 0 fully saturated rings. The maximum Gasteiger partial charge on any atom is 0.161 e. The van der Waals surface area contributed by atoms with E-state index in [1.165, 1.54) is 0 Å². The number of ether oxygens (including phenoxy) is 2. The lowest BCUT2D eigenvalue weighted by Gasteiger charge is -2.26. The van der Waals surface area contributed by atoms with Crippen LogP contribution >= 0.6 is 12.1 Å². The average Bonchev–Trinajstić information content (AvgIpc) is 2.28. The van der Waals surface area contributed by atoms with Gasteiger partial charge in [0.2, 0.25) is 0 Å². The molecule has 16 heavy (non-hydrogen) atoms. The van der Waals surface area contributed by atoms with Crippen LogP contribution < -0.4 is 14.2 Å². The molecule has 1 aliphatic rings. The first kappa shape index (κ1) is 11.6. The van der Waals surface area contributed by atoms with Gasteiger partial charge in [0.15, 0.2) is 11.5 Å². The fourth-order valence-corrected chi connectivity index (χ4v) is 1.94. The van der Waals surface area contributed by atoms with E-state index in [9.17, 15) is 0 Å². The van der Waals surface area contributed by atoms with Gasteiger partial charge in [-0.1, -0.05) is 12.1 Å². The van der Waals surface area contributed by atoms with Crippen molar-refractivity contribution in [3.05, 3.63) is 24.3 Å². The molecule has 0 spiro atoms. The Morgan fingerprint density at radius 3 is 2.88 bits per heavy atom. The summed E-state index contributed by atoms with van der Waals surface area (Å²) < 4.78 is 16.6. The fourth-order valence-electron chi connectivity index (χ4n) is 1.42. The first-order chi connectivity index (χ1) is 7.75. The molecule has 1 unspecified atom stereocenters. The Labute approximate surface area is 100 Å². The average molecular weight is 240 g/mol.